The molecule has 1 saturated heterocycles. The first-order valence-corrected chi connectivity index (χ1v) is 17.4. The van der Waals surface area contributed by atoms with E-state index in [1.54, 1.807) is 12.1 Å². The number of anilines is 1. The van der Waals surface area contributed by atoms with Crippen molar-refractivity contribution in [2.45, 2.75) is 31.4 Å². The van der Waals surface area contributed by atoms with Crippen LogP contribution in [0, 0.1) is 18.6 Å². The van der Waals surface area contributed by atoms with Crippen molar-refractivity contribution in [3.63, 3.8) is 0 Å². The lowest BCUT2D eigenvalue weighted by Crippen LogP contribution is -2.40. The third-order valence-corrected chi connectivity index (χ3v) is 11.0. The Morgan fingerprint density at radius 2 is 1.75 bits per heavy atom. The van der Waals surface area contributed by atoms with E-state index in [4.69, 9.17) is 4.42 Å². The van der Waals surface area contributed by atoms with Crippen LogP contribution in [0.2, 0.25) is 0 Å². The molecular formula is C31H33F2N3O6S2. The highest BCUT2D eigenvalue weighted by atomic mass is 32.2. The highest BCUT2D eigenvalue weighted by Crippen LogP contribution is 2.42. The number of rotatable bonds is 8. The lowest BCUT2D eigenvalue weighted by Gasteiger charge is -2.34. The van der Waals surface area contributed by atoms with Crippen molar-refractivity contribution in [3.05, 3.63) is 88.5 Å². The second-order valence-corrected chi connectivity index (χ2v) is 15.1. The number of nitrogens with zero attached hydrogens (tertiary/aromatic N) is 2. The summed E-state index contributed by atoms with van der Waals surface area (Å²) in [4.78, 5) is 13.2. The number of halogens is 2. The minimum atomic E-state index is -3.94. The van der Waals surface area contributed by atoms with Gasteiger partial charge >= 0.3 is 0 Å². The van der Waals surface area contributed by atoms with Crippen molar-refractivity contribution in [1.82, 2.24) is 9.62 Å². The molecule has 0 unspecified atom stereocenters. The molecule has 1 amide bonds. The molecule has 0 radical (unpaired) electrons. The van der Waals surface area contributed by atoms with Gasteiger partial charge in [-0.1, -0.05) is 35.9 Å². The molecule has 13 heteroatoms. The molecule has 1 atom stereocenters. The number of fused-ring (bicyclic) bond motifs is 1. The Labute approximate surface area is 255 Å². The van der Waals surface area contributed by atoms with Crippen LogP contribution in [0.3, 0.4) is 0 Å². The average Bonchev–Trinajstić information content (AvgIpc) is 3.36. The number of carbonyl (C=O) groups is 1. The third kappa shape index (κ3) is 6.21. The van der Waals surface area contributed by atoms with Gasteiger partial charge in [0.1, 0.15) is 11.3 Å². The van der Waals surface area contributed by atoms with Crippen molar-refractivity contribution in [2.75, 3.05) is 37.7 Å². The number of sulfonamides is 2. The molecule has 1 aromatic heterocycles. The molecule has 4 aromatic rings. The predicted molar refractivity (Wildman–Crippen MR) is 166 cm³/mol. The Balaban J connectivity index is 1.62. The number of piperidine rings is 1. The van der Waals surface area contributed by atoms with Gasteiger partial charge in [-0.2, -0.15) is 0 Å². The fraction of sp³-hybridized carbons (Fsp3) is 0.323. The summed E-state index contributed by atoms with van der Waals surface area (Å²) in [6, 6.07) is 13.7. The third-order valence-electron chi connectivity index (χ3n) is 7.99. The maximum Gasteiger partial charge on any atom is 0.255 e. The molecule has 2 heterocycles. The topological polar surface area (TPSA) is 117 Å². The van der Waals surface area contributed by atoms with Crippen LogP contribution in [0.4, 0.5) is 14.5 Å². The minimum Gasteiger partial charge on any atom is -0.455 e. The van der Waals surface area contributed by atoms with Crippen molar-refractivity contribution in [2.24, 2.45) is 0 Å². The summed E-state index contributed by atoms with van der Waals surface area (Å²) in [5, 5.41) is 3.12. The van der Waals surface area contributed by atoms with Crippen LogP contribution in [0.5, 0.6) is 0 Å². The first-order valence-electron chi connectivity index (χ1n) is 13.9. The normalized spacial score (nSPS) is 16.3. The molecule has 9 nitrogen and oxygen atoms in total. The van der Waals surface area contributed by atoms with Crippen LogP contribution in [0.15, 0.2) is 59.0 Å². The largest absolute Gasteiger partial charge is 0.455 e. The van der Waals surface area contributed by atoms with Gasteiger partial charge in [0, 0.05) is 44.2 Å². The Morgan fingerprint density at radius 1 is 1.05 bits per heavy atom. The molecule has 234 valence electrons. The molecule has 0 saturated carbocycles. The average molecular weight is 646 g/mol. The highest BCUT2D eigenvalue weighted by molar-refractivity contribution is 7.92. The fourth-order valence-corrected chi connectivity index (χ4v) is 7.68. The van der Waals surface area contributed by atoms with E-state index in [1.807, 2.05) is 31.2 Å². The Morgan fingerprint density at radius 3 is 2.39 bits per heavy atom. The van der Waals surface area contributed by atoms with Gasteiger partial charge in [-0.15, -0.1) is 0 Å². The molecule has 1 aliphatic heterocycles. The van der Waals surface area contributed by atoms with Crippen LogP contribution >= 0.6 is 0 Å². The summed E-state index contributed by atoms with van der Waals surface area (Å²) >= 11 is 0. The summed E-state index contributed by atoms with van der Waals surface area (Å²) in [5.74, 6) is -3.23. The molecule has 0 aliphatic carbocycles. The number of hydrogen-bond donors (Lipinski definition) is 1. The Hall–Kier alpha value is -3.81. The number of hydrogen-bond acceptors (Lipinski definition) is 6. The van der Waals surface area contributed by atoms with Gasteiger partial charge in [0.15, 0.2) is 11.6 Å². The zero-order chi connectivity index (χ0) is 32.0. The molecular weight excluding hydrogens is 612 g/mol. The molecule has 3 aromatic carbocycles. The molecule has 44 heavy (non-hydrogen) atoms. The SMILES string of the molecule is CNC(=O)c1c(-c2ccc(C)cc2)oc2cc(N(C)S(C)(=O)=O)c([C@H]3CCCN(S(=O)(=O)Cc4ccc(F)c(F)c4)C3)cc12. The van der Waals surface area contributed by atoms with Gasteiger partial charge in [0.05, 0.1) is 23.3 Å². The standard InChI is InChI=1S/C31H33F2N3O6S2/c1-19-7-10-21(11-8-19)30-29(31(37)34-2)24-15-23(27(16-28(24)42-30)35(3)43(4,38)39)22-6-5-13-36(17-22)44(40,41)18-20-9-12-25(32)26(33)14-20/h7-12,14-16,22H,5-6,13,17-18H2,1-4H3,(H,34,37)/t22-/m0/s1. The number of nitrogens with one attached hydrogen (secondary N) is 1. The molecule has 5 rings (SSSR count). The molecule has 1 aliphatic rings. The number of furan rings is 1. The Kier molecular flexibility index (Phi) is 8.58. The first-order chi connectivity index (χ1) is 20.7. The van der Waals surface area contributed by atoms with E-state index in [0.29, 0.717) is 46.4 Å². The highest BCUT2D eigenvalue weighted by Gasteiger charge is 2.34. The second-order valence-electron chi connectivity index (χ2n) is 11.1. The predicted octanol–water partition coefficient (Wildman–Crippen LogP) is 5.15. The van der Waals surface area contributed by atoms with E-state index in [0.717, 1.165) is 28.3 Å². The van der Waals surface area contributed by atoms with E-state index in [2.05, 4.69) is 5.32 Å². The van der Waals surface area contributed by atoms with E-state index >= 15 is 0 Å². The van der Waals surface area contributed by atoms with E-state index in [-0.39, 0.29) is 24.2 Å². The quantitative estimate of drug-likeness (QED) is 0.283. The molecule has 1 N–H and O–H groups in total. The summed E-state index contributed by atoms with van der Waals surface area (Å²) in [7, 11) is -4.77. The summed E-state index contributed by atoms with van der Waals surface area (Å²) in [5.41, 5.74) is 3.22. The second kappa shape index (κ2) is 11.9. The number of carbonyl (C=O) groups excluding carboxylic acids is 1. The van der Waals surface area contributed by atoms with E-state index in [1.165, 1.54) is 24.5 Å². The number of amides is 1. The zero-order valence-electron chi connectivity index (χ0n) is 24.7. The van der Waals surface area contributed by atoms with E-state index in [9.17, 15) is 30.4 Å². The van der Waals surface area contributed by atoms with Crippen LogP contribution in [-0.4, -0.2) is 60.5 Å². The van der Waals surface area contributed by atoms with Crippen LogP contribution in [-0.2, 0) is 25.8 Å². The van der Waals surface area contributed by atoms with Gasteiger partial charge in [0.2, 0.25) is 20.0 Å². The van der Waals surface area contributed by atoms with Gasteiger partial charge in [-0.3, -0.25) is 9.10 Å². The van der Waals surface area contributed by atoms with Gasteiger partial charge < -0.3 is 9.73 Å². The summed E-state index contributed by atoms with van der Waals surface area (Å²) in [6.45, 7) is 2.18. The zero-order valence-corrected chi connectivity index (χ0v) is 26.4. The number of benzene rings is 3. The molecule has 0 bridgehead atoms. The van der Waals surface area contributed by atoms with Gasteiger partial charge in [-0.25, -0.2) is 29.9 Å². The van der Waals surface area contributed by atoms with Crippen molar-refractivity contribution >= 4 is 42.6 Å². The molecule has 1 fully saturated rings. The van der Waals surface area contributed by atoms with Gasteiger partial charge in [-0.05, 0) is 55.0 Å². The molecule has 0 spiro atoms. The van der Waals surface area contributed by atoms with E-state index < -0.39 is 49.3 Å². The lowest BCUT2D eigenvalue weighted by molar-refractivity contribution is 0.0964. The minimum absolute atomic E-state index is 0.0279. The van der Waals surface area contributed by atoms with Crippen LogP contribution < -0.4 is 9.62 Å². The van der Waals surface area contributed by atoms with Crippen LogP contribution in [0.25, 0.3) is 22.3 Å². The maximum atomic E-state index is 13.8. The van der Waals surface area contributed by atoms with Crippen molar-refractivity contribution in [3.8, 4) is 11.3 Å². The summed E-state index contributed by atoms with van der Waals surface area (Å²) in [6.07, 6.45) is 2.09. The number of aryl methyl sites for hydroxylation is 1. The van der Waals surface area contributed by atoms with Gasteiger partial charge in [0.25, 0.3) is 5.91 Å². The smallest absolute Gasteiger partial charge is 0.255 e. The lowest BCUT2D eigenvalue weighted by atomic mass is 9.89. The first kappa shape index (κ1) is 31.6. The van der Waals surface area contributed by atoms with Crippen molar-refractivity contribution in [1.29, 1.82) is 0 Å². The van der Waals surface area contributed by atoms with Crippen molar-refractivity contribution < 1.29 is 34.8 Å². The summed E-state index contributed by atoms with van der Waals surface area (Å²) < 4.78 is 88.1. The fourth-order valence-electron chi connectivity index (χ4n) is 5.57. The van der Waals surface area contributed by atoms with Crippen LogP contribution in [0.1, 0.15) is 45.8 Å². The Bertz CT molecular complexity index is 1960. The monoisotopic (exact) mass is 645 g/mol. The maximum absolute atomic E-state index is 13.8.